The smallest absolute Gasteiger partial charge is 0.232 e. The van der Waals surface area contributed by atoms with E-state index in [4.69, 9.17) is 10.5 Å². The molecule has 0 saturated carbocycles. The second kappa shape index (κ2) is 5.07. The molecule has 3 rings (SSSR count). The molecule has 3 aromatic rings. The van der Waals surface area contributed by atoms with Crippen molar-refractivity contribution in [3.63, 3.8) is 0 Å². The van der Waals surface area contributed by atoms with Gasteiger partial charge in [-0.3, -0.25) is 0 Å². The summed E-state index contributed by atoms with van der Waals surface area (Å²) >= 11 is 3.15. The highest BCUT2D eigenvalue weighted by Gasteiger charge is 2.11. The maximum absolute atomic E-state index is 5.91. The molecule has 0 radical (unpaired) electrons. The van der Waals surface area contributed by atoms with E-state index < -0.39 is 0 Å². The molecule has 0 amide bonds. The predicted octanol–water partition coefficient (Wildman–Crippen LogP) is 3.79. The molecule has 2 aromatic heterocycles. The molecule has 6 heteroatoms. The number of benzene rings is 1. The number of anilines is 1. The Balaban J connectivity index is 2.07. The maximum atomic E-state index is 5.91. The van der Waals surface area contributed by atoms with Gasteiger partial charge in [0.05, 0.1) is 5.39 Å². The van der Waals surface area contributed by atoms with Gasteiger partial charge in [-0.05, 0) is 29.8 Å². The Morgan fingerprint density at radius 2 is 2.05 bits per heavy atom. The molecule has 0 saturated heterocycles. The third kappa shape index (κ3) is 2.36. The highest BCUT2D eigenvalue weighted by molar-refractivity contribution is 7.98. The first kappa shape index (κ1) is 12.3. The summed E-state index contributed by atoms with van der Waals surface area (Å²) in [5, 5.41) is 2.83. The lowest BCUT2D eigenvalue weighted by atomic mass is 10.3. The molecule has 0 aliphatic heterocycles. The van der Waals surface area contributed by atoms with Gasteiger partial charge in [0.15, 0.2) is 0 Å². The lowest BCUT2D eigenvalue weighted by Gasteiger charge is -2.09. The van der Waals surface area contributed by atoms with Gasteiger partial charge < -0.3 is 10.5 Å². The fraction of sp³-hybridized carbons (Fsp3) is 0.0769. The zero-order valence-electron chi connectivity index (χ0n) is 10.2. The minimum absolute atomic E-state index is 0.228. The van der Waals surface area contributed by atoms with Gasteiger partial charge in [-0.2, -0.15) is 4.98 Å². The number of hydrogen-bond acceptors (Lipinski definition) is 6. The molecule has 0 aliphatic carbocycles. The van der Waals surface area contributed by atoms with Crippen LogP contribution < -0.4 is 10.5 Å². The Morgan fingerprint density at radius 3 is 2.89 bits per heavy atom. The Bertz CT molecular complexity index is 727. The number of para-hydroxylation sites is 1. The highest BCUT2D eigenvalue weighted by Crippen LogP contribution is 2.34. The van der Waals surface area contributed by atoms with Gasteiger partial charge in [-0.25, -0.2) is 4.98 Å². The first-order chi connectivity index (χ1) is 9.28. The molecule has 96 valence electrons. The van der Waals surface area contributed by atoms with E-state index in [-0.39, 0.29) is 5.95 Å². The number of thioether (sulfide) groups is 1. The van der Waals surface area contributed by atoms with Gasteiger partial charge >= 0.3 is 0 Å². The van der Waals surface area contributed by atoms with Gasteiger partial charge in [-0.15, -0.1) is 23.1 Å². The molecule has 2 N–H and O–H groups in total. The first-order valence-corrected chi connectivity index (χ1v) is 7.70. The summed E-state index contributed by atoms with van der Waals surface area (Å²) in [6.45, 7) is 0. The van der Waals surface area contributed by atoms with Crippen molar-refractivity contribution >= 4 is 39.3 Å². The number of aromatic nitrogens is 2. The molecule has 1 aromatic carbocycles. The van der Waals surface area contributed by atoms with E-state index in [2.05, 4.69) is 9.97 Å². The highest BCUT2D eigenvalue weighted by atomic mass is 32.2. The molecule has 19 heavy (non-hydrogen) atoms. The third-order valence-electron chi connectivity index (χ3n) is 2.58. The van der Waals surface area contributed by atoms with E-state index in [1.165, 1.54) is 11.3 Å². The van der Waals surface area contributed by atoms with Gasteiger partial charge in [-0.1, -0.05) is 12.1 Å². The van der Waals surface area contributed by atoms with Gasteiger partial charge in [0, 0.05) is 4.90 Å². The molecule has 0 bridgehead atoms. The number of thiophene rings is 1. The van der Waals surface area contributed by atoms with Crippen LogP contribution >= 0.6 is 23.1 Å². The number of nitrogens with two attached hydrogens (primary N) is 1. The van der Waals surface area contributed by atoms with Crippen LogP contribution in [0.2, 0.25) is 0 Å². The van der Waals surface area contributed by atoms with Crippen molar-refractivity contribution in [2.75, 3.05) is 12.0 Å². The Kier molecular flexibility index (Phi) is 3.27. The minimum Gasteiger partial charge on any atom is -0.437 e. The average molecular weight is 289 g/mol. The average Bonchev–Trinajstić information content (AvgIpc) is 2.87. The summed E-state index contributed by atoms with van der Waals surface area (Å²) in [6, 6.07) is 9.78. The predicted molar refractivity (Wildman–Crippen MR) is 80.1 cm³/mol. The molecule has 2 heterocycles. The molecule has 0 spiro atoms. The normalized spacial score (nSPS) is 10.8. The van der Waals surface area contributed by atoms with Crippen LogP contribution in [0.4, 0.5) is 5.95 Å². The van der Waals surface area contributed by atoms with Crippen LogP contribution in [0.25, 0.3) is 10.2 Å². The van der Waals surface area contributed by atoms with E-state index in [0.717, 1.165) is 20.9 Å². The van der Waals surface area contributed by atoms with Crippen molar-refractivity contribution in [2.45, 2.75) is 4.90 Å². The number of rotatable bonds is 3. The SMILES string of the molecule is CSc1ccccc1Oc1nc(N)nc2sccc12. The monoisotopic (exact) mass is 289 g/mol. The van der Waals surface area contributed by atoms with Gasteiger partial charge in [0.25, 0.3) is 0 Å². The Morgan fingerprint density at radius 1 is 1.21 bits per heavy atom. The summed E-state index contributed by atoms with van der Waals surface area (Å²) in [7, 11) is 0. The van der Waals surface area contributed by atoms with Crippen LogP contribution in [0.1, 0.15) is 0 Å². The van der Waals surface area contributed by atoms with E-state index in [1.807, 2.05) is 42.0 Å². The maximum Gasteiger partial charge on any atom is 0.232 e. The van der Waals surface area contributed by atoms with Crippen LogP contribution in [0.5, 0.6) is 11.6 Å². The fourth-order valence-corrected chi connectivity index (χ4v) is 3.02. The number of nitrogens with zero attached hydrogens (tertiary/aromatic N) is 2. The number of hydrogen-bond donors (Lipinski definition) is 1. The zero-order chi connectivity index (χ0) is 13.2. The van der Waals surface area contributed by atoms with E-state index in [0.29, 0.717) is 5.88 Å². The van der Waals surface area contributed by atoms with Crippen molar-refractivity contribution < 1.29 is 4.74 Å². The zero-order valence-corrected chi connectivity index (χ0v) is 11.8. The molecular formula is C13H11N3OS2. The lowest BCUT2D eigenvalue weighted by Crippen LogP contribution is -1.97. The van der Waals surface area contributed by atoms with Crippen LogP contribution in [0, 0.1) is 0 Å². The summed E-state index contributed by atoms with van der Waals surface area (Å²) in [5.74, 6) is 1.51. The summed E-state index contributed by atoms with van der Waals surface area (Å²) in [6.07, 6.45) is 2.01. The molecular weight excluding hydrogens is 278 g/mol. The lowest BCUT2D eigenvalue weighted by molar-refractivity contribution is 0.458. The molecule has 0 unspecified atom stereocenters. The third-order valence-corrected chi connectivity index (χ3v) is 4.17. The van der Waals surface area contributed by atoms with Crippen LogP contribution in [-0.4, -0.2) is 16.2 Å². The fourth-order valence-electron chi connectivity index (χ4n) is 1.73. The van der Waals surface area contributed by atoms with E-state index in [1.54, 1.807) is 11.8 Å². The van der Waals surface area contributed by atoms with Crippen LogP contribution in [0.15, 0.2) is 40.6 Å². The second-order valence-corrected chi connectivity index (χ2v) is 5.52. The van der Waals surface area contributed by atoms with Crippen molar-refractivity contribution in [1.82, 2.24) is 9.97 Å². The largest absolute Gasteiger partial charge is 0.437 e. The van der Waals surface area contributed by atoms with E-state index in [9.17, 15) is 0 Å². The van der Waals surface area contributed by atoms with Crippen molar-refractivity contribution in [1.29, 1.82) is 0 Å². The summed E-state index contributed by atoms with van der Waals surface area (Å²) < 4.78 is 5.91. The second-order valence-electron chi connectivity index (χ2n) is 3.78. The standard InChI is InChI=1S/C13H11N3OS2/c1-18-10-5-3-2-4-9(10)17-11-8-6-7-19-12(8)16-13(14)15-11/h2-7H,1H3,(H2,14,15,16). The minimum atomic E-state index is 0.228. The Hall–Kier alpha value is -1.79. The van der Waals surface area contributed by atoms with Crippen molar-refractivity contribution in [3.8, 4) is 11.6 Å². The number of nitrogen functional groups attached to an aromatic ring is 1. The summed E-state index contributed by atoms with van der Waals surface area (Å²) in [4.78, 5) is 10.3. The quantitative estimate of drug-likeness (QED) is 0.743. The van der Waals surface area contributed by atoms with Crippen LogP contribution in [0.3, 0.4) is 0 Å². The van der Waals surface area contributed by atoms with Crippen molar-refractivity contribution in [2.24, 2.45) is 0 Å². The van der Waals surface area contributed by atoms with Gasteiger partial charge in [0.1, 0.15) is 10.6 Å². The summed E-state index contributed by atoms with van der Waals surface area (Å²) in [5.41, 5.74) is 5.71. The molecule has 0 fully saturated rings. The molecule has 0 aliphatic rings. The molecule has 4 nitrogen and oxygen atoms in total. The van der Waals surface area contributed by atoms with Gasteiger partial charge in [0.2, 0.25) is 11.8 Å². The first-order valence-electron chi connectivity index (χ1n) is 5.59. The Labute approximate surface area is 118 Å². The van der Waals surface area contributed by atoms with Crippen molar-refractivity contribution in [3.05, 3.63) is 35.7 Å². The molecule has 0 atom stereocenters. The van der Waals surface area contributed by atoms with Crippen LogP contribution in [-0.2, 0) is 0 Å². The number of fused-ring (bicyclic) bond motifs is 1. The van der Waals surface area contributed by atoms with E-state index >= 15 is 0 Å². The number of ether oxygens (including phenoxy) is 1. The topological polar surface area (TPSA) is 61.0 Å².